The van der Waals surface area contributed by atoms with Gasteiger partial charge in [-0.3, -0.25) is 0 Å². The summed E-state index contributed by atoms with van der Waals surface area (Å²) in [5, 5.41) is 0. The molecule has 0 spiro atoms. The van der Waals surface area contributed by atoms with E-state index in [-0.39, 0.29) is 0 Å². The van der Waals surface area contributed by atoms with Gasteiger partial charge in [-0.1, -0.05) is 134 Å². The molecular weight excluding hydrogens is 667 g/mol. The van der Waals surface area contributed by atoms with Gasteiger partial charge >= 0.3 is 37.9 Å². The second kappa shape index (κ2) is 16.0. The number of benzene rings is 4. The molecule has 6 aromatic carbocycles. The molecule has 0 aromatic heterocycles. The molecule has 224 valence electrons. The summed E-state index contributed by atoms with van der Waals surface area (Å²) in [7, 11) is 9.87. The summed E-state index contributed by atoms with van der Waals surface area (Å²) in [5.74, 6) is 2.35. The summed E-state index contributed by atoms with van der Waals surface area (Å²) >= 11 is -0.826. The summed E-state index contributed by atoms with van der Waals surface area (Å²) in [6.07, 6.45) is 4.63. The Morgan fingerprint density at radius 2 is 0.667 bits per heavy atom. The van der Waals surface area contributed by atoms with Crippen LogP contribution in [0.15, 0.2) is 158 Å². The molecule has 0 fully saturated rings. The molecule has 3 heteroatoms. The van der Waals surface area contributed by atoms with Crippen LogP contribution < -0.4 is 0 Å². The second-order valence-electron chi connectivity index (χ2n) is 12.1. The number of rotatable bonds is 4. The van der Waals surface area contributed by atoms with Crippen LogP contribution in [-0.4, -0.2) is 0 Å². The quantitative estimate of drug-likeness (QED) is 0.160. The maximum Gasteiger partial charge on any atom is -0.00798 e. The van der Waals surface area contributed by atoms with Crippen molar-refractivity contribution in [1.82, 2.24) is 0 Å². The van der Waals surface area contributed by atoms with E-state index in [1.54, 1.807) is 0 Å². The smallest absolute Gasteiger partial charge is 0.00798 e. The Bertz CT molecular complexity index is 1450. The number of hydrogen-bond acceptors (Lipinski definition) is 0. The predicted octanol–water partition coefficient (Wildman–Crippen LogP) is 11.5. The Hall–Kier alpha value is -2.96. The average molecular weight is 705 g/mol. The van der Waals surface area contributed by atoms with Crippen LogP contribution in [0.3, 0.4) is 0 Å². The second-order valence-corrected chi connectivity index (χ2v) is 15.8. The maximum atomic E-state index is 4.93. The number of fused-ring (bicyclic) bond motifs is 2. The molecule has 0 nitrogen and oxygen atoms in total. The molecule has 8 rings (SSSR count). The molecular formula is C42H38Cl2Zr. The van der Waals surface area contributed by atoms with Gasteiger partial charge in [0.25, 0.3) is 0 Å². The monoisotopic (exact) mass is 702 g/mol. The molecule has 6 aromatic rings. The Morgan fingerprint density at radius 1 is 0.400 bits per heavy atom. The van der Waals surface area contributed by atoms with Gasteiger partial charge < -0.3 is 0 Å². The third-order valence-corrected chi connectivity index (χ3v) is 9.66. The fourth-order valence-corrected chi connectivity index (χ4v) is 7.50. The Morgan fingerprint density at radius 3 is 0.956 bits per heavy atom. The van der Waals surface area contributed by atoms with Crippen LogP contribution in [0.25, 0.3) is 0 Å². The summed E-state index contributed by atoms with van der Waals surface area (Å²) in [6, 6.07) is 57.7. The molecule has 0 saturated heterocycles. The molecule has 0 bridgehead atoms. The molecule has 0 amide bonds. The third kappa shape index (κ3) is 7.89. The van der Waals surface area contributed by atoms with Gasteiger partial charge in [-0.25, -0.2) is 12.1 Å². The zero-order valence-electron chi connectivity index (χ0n) is 25.4. The van der Waals surface area contributed by atoms with Crippen molar-refractivity contribution in [3.63, 3.8) is 0 Å². The molecule has 0 saturated carbocycles. The Kier molecular flexibility index (Phi) is 11.4. The Labute approximate surface area is 287 Å². The van der Waals surface area contributed by atoms with E-state index in [0.717, 1.165) is 25.7 Å². The van der Waals surface area contributed by atoms with Crippen molar-refractivity contribution in [2.75, 3.05) is 0 Å². The summed E-state index contributed by atoms with van der Waals surface area (Å²) in [6.45, 7) is 0. The summed E-state index contributed by atoms with van der Waals surface area (Å²) in [4.78, 5) is 0. The van der Waals surface area contributed by atoms with Crippen molar-refractivity contribution in [2.24, 2.45) is 0 Å². The van der Waals surface area contributed by atoms with Crippen LogP contribution in [0, 0.1) is 0 Å². The van der Waals surface area contributed by atoms with Gasteiger partial charge in [0.2, 0.25) is 0 Å². The van der Waals surface area contributed by atoms with Gasteiger partial charge in [-0.15, -0.1) is 0 Å². The predicted molar refractivity (Wildman–Crippen MR) is 187 cm³/mol. The first-order valence-corrected chi connectivity index (χ1v) is 22.2. The molecule has 0 aliphatic heterocycles. The first-order chi connectivity index (χ1) is 22.2. The van der Waals surface area contributed by atoms with Gasteiger partial charge in [-0.05, 0) is 58.8 Å². The van der Waals surface area contributed by atoms with Gasteiger partial charge in [0, 0.05) is 0 Å². The molecule has 2 aliphatic carbocycles. The van der Waals surface area contributed by atoms with E-state index in [4.69, 9.17) is 17.0 Å². The normalized spacial score (nSPS) is 19.8. The van der Waals surface area contributed by atoms with Gasteiger partial charge in [0.1, 0.15) is 0 Å². The molecule has 2 aliphatic rings. The van der Waals surface area contributed by atoms with E-state index in [9.17, 15) is 0 Å². The SMILES string of the molecule is [Cl][Zr+2][Cl].c1ccc(C2Cc3cc[cH-]c3CC2c2ccccc2)cc1.c1ccc(C2Cc3cc[cH-]c3CC2c2ccccc2)cc1. The van der Waals surface area contributed by atoms with E-state index in [0.29, 0.717) is 23.7 Å². The van der Waals surface area contributed by atoms with Crippen LogP contribution in [0.1, 0.15) is 68.2 Å². The minimum Gasteiger partial charge on any atom is -0.210 e. The number of hydrogen-bond donors (Lipinski definition) is 0. The van der Waals surface area contributed by atoms with Crippen molar-refractivity contribution in [2.45, 2.75) is 49.4 Å². The van der Waals surface area contributed by atoms with Crippen molar-refractivity contribution >= 4 is 17.0 Å². The van der Waals surface area contributed by atoms with Crippen molar-refractivity contribution in [3.8, 4) is 0 Å². The van der Waals surface area contributed by atoms with Crippen molar-refractivity contribution < 1.29 is 20.8 Å². The van der Waals surface area contributed by atoms with Crippen molar-refractivity contribution in [1.29, 1.82) is 0 Å². The van der Waals surface area contributed by atoms with E-state index in [2.05, 4.69) is 158 Å². The standard InChI is InChI=1S/2C21H19.2ClH.Zr/c2*1-3-8-16(9-4-1)20-14-18-12-7-13-19(18)15-21(20)17-10-5-2-6-11-17;;;/h2*1-13,20-21H,14-15H2;2*1H;/q2*-1;;;+4/p-2. The first-order valence-electron chi connectivity index (χ1n) is 15.9. The first kappa shape index (κ1) is 32.0. The molecule has 4 unspecified atom stereocenters. The van der Waals surface area contributed by atoms with E-state index >= 15 is 0 Å². The van der Waals surface area contributed by atoms with Crippen LogP contribution in [0.2, 0.25) is 0 Å². The summed E-state index contributed by atoms with van der Waals surface area (Å²) in [5.41, 5.74) is 12.0. The van der Waals surface area contributed by atoms with Crippen LogP contribution >= 0.6 is 17.0 Å². The third-order valence-electron chi connectivity index (χ3n) is 9.66. The fraction of sp³-hybridized carbons (Fsp3) is 0.190. The fourth-order valence-electron chi connectivity index (χ4n) is 7.50. The molecule has 0 N–H and O–H groups in total. The maximum absolute atomic E-state index is 4.93. The topological polar surface area (TPSA) is 0 Å². The zero-order chi connectivity index (χ0) is 30.8. The van der Waals surface area contributed by atoms with E-state index in [1.165, 1.54) is 44.5 Å². The van der Waals surface area contributed by atoms with Gasteiger partial charge in [0.15, 0.2) is 0 Å². The minimum atomic E-state index is -0.826. The van der Waals surface area contributed by atoms with Crippen molar-refractivity contribution in [3.05, 3.63) is 202 Å². The zero-order valence-corrected chi connectivity index (χ0v) is 29.4. The Balaban J connectivity index is 0.000000146. The average Bonchev–Trinajstić information content (AvgIpc) is 3.78. The number of halogens is 2. The molecule has 4 atom stereocenters. The van der Waals surface area contributed by atoms with Crippen LogP contribution in [-0.2, 0) is 46.5 Å². The van der Waals surface area contributed by atoms with Gasteiger partial charge in [0.05, 0.1) is 0 Å². The van der Waals surface area contributed by atoms with Crippen LogP contribution in [0.5, 0.6) is 0 Å². The minimum absolute atomic E-state index is 0.587. The van der Waals surface area contributed by atoms with E-state index < -0.39 is 20.8 Å². The van der Waals surface area contributed by atoms with Gasteiger partial charge in [-0.2, -0.15) is 46.5 Å². The van der Waals surface area contributed by atoms with E-state index in [1.807, 2.05) is 0 Å². The molecule has 0 radical (unpaired) electrons. The molecule has 45 heavy (non-hydrogen) atoms. The molecule has 0 heterocycles. The largest absolute Gasteiger partial charge is 0.210 e. The van der Waals surface area contributed by atoms with Crippen LogP contribution in [0.4, 0.5) is 0 Å². The summed E-state index contributed by atoms with van der Waals surface area (Å²) < 4.78 is 0.